The fourth-order valence-electron chi connectivity index (χ4n) is 1.51. The molecule has 0 fully saturated rings. The lowest BCUT2D eigenvalue weighted by Crippen LogP contribution is -2.18. The average Bonchev–Trinajstić information content (AvgIpc) is 2.48. The minimum absolute atomic E-state index is 0.0251. The lowest BCUT2D eigenvalue weighted by Gasteiger charge is -2.04. The van der Waals surface area contributed by atoms with Crippen LogP contribution < -0.4 is 5.32 Å². The molecule has 0 spiro atoms. The number of nitrogens with one attached hydrogen (secondary N) is 1. The maximum absolute atomic E-state index is 12.8. The zero-order valence-corrected chi connectivity index (χ0v) is 12.2. The third kappa shape index (κ3) is 5.13. The summed E-state index contributed by atoms with van der Waals surface area (Å²) in [7, 11) is 1.44. The van der Waals surface area contributed by atoms with Gasteiger partial charge in [-0.2, -0.15) is 0 Å². The van der Waals surface area contributed by atoms with Crippen LogP contribution in [0.4, 0.5) is 10.2 Å². The van der Waals surface area contributed by atoms with E-state index < -0.39 is 0 Å². The third-order valence-corrected chi connectivity index (χ3v) is 3.47. The number of hydrogen-bond acceptors (Lipinski definition) is 5. The van der Waals surface area contributed by atoms with Gasteiger partial charge >= 0.3 is 0 Å². The molecule has 0 atom stereocenters. The summed E-state index contributed by atoms with van der Waals surface area (Å²) in [6.45, 7) is -0.0251. The molecule has 2 aromatic rings. The number of hydrogen-bond donors (Lipinski definition) is 1. The molecule has 0 saturated heterocycles. The van der Waals surface area contributed by atoms with Crippen molar-refractivity contribution in [2.24, 2.45) is 0 Å². The highest BCUT2D eigenvalue weighted by molar-refractivity contribution is 7.98. The van der Waals surface area contributed by atoms with Crippen molar-refractivity contribution in [2.45, 2.75) is 10.8 Å². The first-order valence-corrected chi connectivity index (χ1v) is 7.15. The molecule has 0 radical (unpaired) electrons. The van der Waals surface area contributed by atoms with Crippen LogP contribution in [0, 0.1) is 5.82 Å². The molecule has 1 heterocycles. The number of methoxy groups -OCH3 is 1. The van der Waals surface area contributed by atoms with Crippen LogP contribution in [0.15, 0.2) is 41.4 Å². The van der Waals surface area contributed by atoms with Gasteiger partial charge in [-0.25, -0.2) is 4.39 Å². The Labute approximate surface area is 125 Å². The van der Waals surface area contributed by atoms with E-state index in [0.717, 1.165) is 10.6 Å². The van der Waals surface area contributed by atoms with Crippen molar-refractivity contribution >= 4 is 23.5 Å². The van der Waals surface area contributed by atoms with Crippen LogP contribution in [0.3, 0.4) is 0 Å². The quantitative estimate of drug-likeness (QED) is 0.831. The SMILES string of the molecule is COCC(=O)Nc1ccc(SCc2ccc(F)cc2)nn1. The van der Waals surface area contributed by atoms with E-state index in [4.69, 9.17) is 4.74 Å². The monoisotopic (exact) mass is 307 g/mol. The van der Waals surface area contributed by atoms with Gasteiger partial charge in [0.2, 0.25) is 0 Å². The summed E-state index contributed by atoms with van der Waals surface area (Å²) < 4.78 is 17.5. The van der Waals surface area contributed by atoms with E-state index in [9.17, 15) is 9.18 Å². The van der Waals surface area contributed by atoms with E-state index in [0.29, 0.717) is 11.6 Å². The Bertz CT molecular complexity index is 590. The number of halogens is 1. The fourth-order valence-corrected chi connectivity index (χ4v) is 2.28. The minimum Gasteiger partial charge on any atom is -0.375 e. The van der Waals surface area contributed by atoms with E-state index >= 15 is 0 Å². The second kappa shape index (κ2) is 7.70. The highest BCUT2D eigenvalue weighted by Crippen LogP contribution is 2.20. The lowest BCUT2D eigenvalue weighted by molar-refractivity contribution is -0.119. The summed E-state index contributed by atoms with van der Waals surface area (Å²) >= 11 is 1.48. The molecule has 110 valence electrons. The van der Waals surface area contributed by atoms with Crippen molar-refractivity contribution in [3.8, 4) is 0 Å². The van der Waals surface area contributed by atoms with E-state index in [2.05, 4.69) is 15.5 Å². The zero-order valence-electron chi connectivity index (χ0n) is 11.4. The first-order valence-electron chi connectivity index (χ1n) is 6.17. The predicted octanol–water partition coefficient (Wildman–Crippen LogP) is 2.49. The van der Waals surface area contributed by atoms with Crippen LogP contribution in [-0.2, 0) is 15.3 Å². The molecule has 5 nitrogen and oxygen atoms in total. The number of rotatable bonds is 6. The van der Waals surface area contributed by atoms with E-state index in [1.807, 2.05) is 0 Å². The predicted molar refractivity (Wildman–Crippen MR) is 78.5 cm³/mol. The lowest BCUT2D eigenvalue weighted by atomic mass is 10.2. The van der Waals surface area contributed by atoms with Gasteiger partial charge in [-0.05, 0) is 29.8 Å². The molecule has 0 saturated carbocycles. The molecule has 0 bridgehead atoms. The highest BCUT2D eigenvalue weighted by Gasteiger charge is 2.04. The van der Waals surface area contributed by atoms with Crippen LogP contribution in [-0.4, -0.2) is 29.8 Å². The Balaban J connectivity index is 1.87. The molecule has 1 aromatic heterocycles. The number of aromatic nitrogens is 2. The van der Waals surface area contributed by atoms with Crippen LogP contribution in [0.2, 0.25) is 0 Å². The second-order valence-corrected chi connectivity index (χ2v) is 5.15. The average molecular weight is 307 g/mol. The Kier molecular flexibility index (Phi) is 5.65. The zero-order chi connectivity index (χ0) is 15.1. The maximum atomic E-state index is 12.8. The topological polar surface area (TPSA) is 64.1 Å². The summed E-state index contributed by atoms with van der Waals surface area (Å²) in [4.78, 5) is 11.3. The van der Waals surface area contributed by atoms with Gasteiger partial charge in [0.25, 0.3) is 5.91 Å². The second-order valence-electron chi connectivity index (χ2n) is 4.15. The standard InChI is InChI=1S/C14H14FN3O2S/c1-20-8-13(19)16-12-6-7-14(18-17-12)21-9-10-2-4-11(15)5-3-10/h2-7H,8-9H2,1H3,(H,16,17,19). The molecule has 1 amide bonds. The summed E-state index contributed by atoms with van der Waals surface area (Å²) in [6.07, 6.45) is 0. The van der Waals surface area contributed by atoms with Crippen LogP contribution in [0.1, 0.15) is 5.56 Å². The molecular weight excluding hydrogens is 293 g/mol. The van der Waals surface area contributed by atoms with Crippen molar-refractivity contribution in [3.05, 3.63) is 47.8 Å². The largest absolute Gasteiger partial charge is 0.375 e. The Hall–Kier alpha value is -1.99. The number of carbonyl (C=O) groups excluding carboxylic acids is 1. The first kappa shape index (κ1) is 15.4. The Morgan fingerprint density at radius 2 is 2.00 bits per heavy atom. The van der Waals surface area contributed by atoms with Gasteiger partial charge in [-0.1, -0.05) is 23.9 Å². The van der Waals surface area contributed by atoms with E-state index in [1.54, 1.807) is 24.3 Å². The van der Waals surface area contributed by atoms with Crippen molar-refractivity contribution in [1.82, 2.24) is 10.2 Å². The van der Waals surface area contributed by atoms with E-state index in [1.165, 1.54) is 31.0 Å². The Morgan fingerprint density at radius 1 is 1.24 bits per heavy atom. The summed E-state index contributed by atoms with van der Waals surface area (Å²) in [5, 5.41) is 11.2. The fraction of sp³-hybridized carbons (Fsp3) is 0.214. The number of anilines is 1. The first-order chi connectivity index (χ1) is 10.2. The number of nitrogens with zero attached hydrogens (tertiary/aromatic N) is 2. The molecule has 2 rings (SSSR count). The molecule has 7 heteroatoms. The summed E-state index contributed by atoms with van der Waals surface area (Å²) in [5.74, 6) is 0.519. The van der Waals surface area contributed by atoms with Gasteiger partial charge in [0.1, 0.15) is 17.5 Å². The van der Waals surface area contributed by atoms with E-state index in [-0.39, 0.29) is 18.3 Å². The van der Waals surface area contributed by atoms with Gasteiger partial charge in [0.05, 0.1) is 0 Å². The van der Waals surface area contributed by atoms with Crippen molar-refractivity contribution in [2.75, 3.05) is 19.0 Å². The van der Waals surface area contributed by atoms with Gasteiger partial charge in [-0.15, -0.1) is 10.2 Å². The van der Waals surface area contributed by atoms with Crippen LogP contribution >= 0.6 is 11.8 Å². The van der Waals surface area contributed by atoms with Crippen LogP contribution in [0.25, 0.3) is 0 Å². The smallest absolute Gasteiger partial charge is 0.251 e. The number of thioether (sulfide) groups is 1. The number of ether oxygens (including phenoxy) is 1. The number of carbonyl (C=O) groups is 1. The van der Waals surface area contributed by atoms with Crippen molar-refractivity contribution in [1.29, 1.82) is 0 Å². The van der Waals surface area contributed by atoms with Crippen molar-refractivity contribution in [3.63, 3.8) is 0 Å². The molecule has 21 heavy (non-hydrogen) atoms. The minimum atomic E-state index is -0.279. The summed E-state index contributed by atoms with van der Waals surface area (Å²) in [6, 6.07) is 9.76. The molecule has 0 aliphatic carbocycles. The van der Waals surface area contributed by atoms with Crippen LogP contribution in [0.5, 0.6) is 0 Å². The number of benzene rings is 1. The molecule has 1 aromatic carbocycles. The van der Waals surface area contributed by atoms with Gasteiger partial charge in [-0.3, -0.25) is 4.79 Å². The van der Waals surface area contributed by atoms with Gasteiger partial charge in [0, 0.05) is 12.9 Å². The van der Waals surface area contributed by atoms with Gasteiger partial charge in [0.15, 0.2) is 5.82 Å². The molecule has 1 N–H and O–H groups in total. The third-order valence-electron chi connectivity index (χ3n) is 2.48. The molecule has 0 aliphatic rings. The number of amides is 1. The molecule has 0 aliphatic heterocycles. The Morgan fingerprint density at radius 3 is 2.62 bits per heavy atom. The normalized spacial score (nSPS) is 10.4. The maximum Gasteiger partial charge on any atom is 0.251 e. The van der Waals surface area contributed by atoms with Crippen molar-refractivity contribution < 1.29 is 13.9 Å². The molecular formula is C14H14FN3O2S. The van der Waals surface area contributed by atoms with Gasteiger partial charge < -0.3 is 10.1 Å². The molecule has 0 unspecified atom stereocenters. The summed E-state index contributed by atoms with van der Waals surface area (Å²) in [5.41, 5.74) is 1.00. The highest BCUT2D eigenvalue weighted by atomic mass is 32.2.